The summed E-state index contributed by atoms with van der Waals surface area (Å²) in [6.07, 6.45) is 1.97. The van der Waals surface area contributed by atoms with E-state index in [9.17, 15) is 13.2 Å². The molecule has 3 N–H and O–H groups in total. The molecule has 1 amide bonds. The van der Waals surface area contributed by atoms with Gasteiger partial charge in [-0.05, 0) is 31.0 Å². The first kappa shape index (κ1) is 18.7. The summed E-state index contributed by atoms with van der Waals surface area (Å²) >= 11 is 0. The van der Waals surface area contributed by atoms with Crippen molar-refractivity contribution >= 4 is 15.9 Å². The Labute approximate surface area is 143 Å². The molecule has 0 bridgehead atoms. The Morgan fingerprint density at radius 3 is 2.83 bits per heavy atom. The van der Waals surface area contributed by atoms with Crippen molar-refractivity contribution in [3.8, 4) is 5.75 Å². The first-order chi connectivity index (χ1) is 11.4. The van der Waals surface area contributed by atoms with Crippen molar-refractivity contribution in [2.45, 2.75) is 43.7 Å². The van der Waals surface area contributed by atoms with Crippen LogP contribution in [0, 0.1) is 0 Å². The zero-order valence-electron chi connectivity index (χ0n) is 14.1. The lowest BCUT2D eigenvalue weighted by Gasteiger charge is -2.23. The number of carbonyl (C=O) groups excluding carboxylic acids is 1. The predicted molar refractivity (Wildman–Crippen MR) is 91.1 cm³/mol. The van der Waals surface area contributed by atoms with Gasteiger partial charge in [-0.25, -0.2) is 8.42 Å². The average molecular weight is 355 g/mol. The lowest BCUT2D eigenvalue weighted by atomic mass is 10.2. The van der Waals surface area contributed by atoms with Gasteiger partial charge in [0.2, 0.25) is 15.9 Å². The zero-order valence-corrected chi connectivity index (χ0v) is 14.9. The van der Waals surface area contributed by atoms with Crippen LogP contribution in [0.2, 0.25) is 0 Å². The van der Waals surface area contributed by atoms with E-state index in [0.29, 0.717) is 30.8 Å². The van der Waals surface area contributed by atoms with E-state index in [0.717, 1.165) is 12.8 Å². The Balaban J connectivity index is 2.31. The molecule has 1 atom stereocenters. The van der Waals surface area contributed by atoms with Crippen LogP contribution in [0.4, 0.5) is 0 Å². The van der Waals surface area contributed by atoms with E-state index >= 15 is 0 Å². The van der Waals surface area contributed by atoms with Crippen LogP contribution in [0.25, 0.3) is 0 Å². The molecule has 1 aliphatic heterocycles. The molecule has 1 unspecified atom stereocenters. The molecule has 1 aromatic rings. The number of rotatable bonds is 7. The van der Waals surface area contributed by atoms with Crippen molar-refractivity contribution in [2.75, 3.05) is 20.2 Å². The number of ether oxygens (including phenoxy) is 1. The van der Waals surface area contributed by atoms with Gasteiger partial charge in [0.15, 0.2) is 0 Å². The number of hydrogen-bond donors (Lipinski definition) is 2. The normalized spacial score (nSPS) is 18.5. The second-order valence-electron chi connectivity index (χ2n) is 5.75. The predicted octanol–water partition coefficient (Wildman–Crippen LogP) is 0.833. The highest BCUT2D eigenvalue weighted by molar-refractivity contribution is 7.89. The molecule has 0 spiro atoms. The first-order valence-corrected chi connectivity index (χ1v) is 9.53. The lowest BCUT2D eigenvalue weighted by Crippen LogP contribution is -2.39. The van der Waals surface area contributed by atoms with Gasteiger partial charge in [0.1, 0.15) is 5.75 Å². The van der Waals surface area contributed by atoms with Crippen molar-refractivity contribution < 1.29 is 17.9 Å². The minimum atomic E-state index is -3.61. The smallest absolute Gasteiger partial charge is 0.243 e. The van der Waals surface area contributed by atoms with Crippen LogP contribution >= 0.6 is 0 Å². The van der Waals surface area contributed by atoms with Crippen molar-refractivity contribution in [1.82, 2.24) is 9.62 Å². The minimum absolute atomic E-state index is 0.104. The van der Waals surface area contributed by atoms with Gasteiger partial charge in [0, 0.05) is 37.7 Å². The van der Waals surface area contributed by atoms with E-state index in [1.54, 1.807) is 19.1 Å². The van der Waals surface area contributed by atoms with Gasteiger partial charge in [-0.2, -0.15) is 4.31 Å². The summed E-state index contributed by atoms with van der Waals surface area (Å²) in [7, 11) is -2.09. The summed E-state index contributed by atoms with van der Waals surface area (Å²) in [5.41, 5.74) is 6.33. The Morgan fingerprint density at radius 2 is 2.21 bits per heavy atom. The number of amides is 1. The number of nitrogens with two attached hydrogens (primary N) is 1. The number of nitrogens with one attached hydrogen (secondary N) is 1. The molecule has 24 heavy (non-hydrogen) atoms. The quantitative estimate of drug-likeness (QED) is 0.754. The molecule has 7 nitrogen and oxygen atoms in total. The number of sulfonamides is 1. The topological polar surface area (TPSA) is 102 Å². The third-order valence-corrected chi connectivity index (χ3v) is 6.20. The molecule has 0 radical (unpaired) electrons. The Morgan fingerprint density at radius 1 is 1.46 bits per heavy atom. The van der Waals surface area contributed by atoms with E-state index in [1.165, 1.54) is 17.5 Å². The van der Waals surface area contributed by atoms with Gasteiger partial charge in [-0.1, -0.05) is 6.92 Å². The summed E-state index contributed by atoms with van der Waals surface area (Å²) < 4.78 is 32.5. The van der Waals surface area contributed by atoms with Gasteiger partial charge < -0.3 is 15.8 Å². The van der Waals surface area contributed by atoms with Gasteiger partial charge in [0.05, 0.1) is 12.0 Å². The molecule has 1 heterocycles. The van der Waals surface area contributed by atoms with E-state index in [1.807, 2.05) is 0 Å². The van der Waals surface area contributed by atoms with Crippen molar-refractivity contribution in [3.05, 3.63) is 23.8 Å². The lowest BCUT2D eigenvalue weighted by molar-refractivity contribution is -0.120. The molecule has 1 aromatic carbocycles. The number of hydrogen-bond acceptors (Lipinski definition) is 5. The molecule has 8 heteroatoms. The zero-order chi connectivity index (χ0) is 17.7. The SMILES string of the molecule is CCC(=O)NCc1cc(S(=O)(=O)N2CCCC2CN)ccc1OC. The van der Waals surface area contributed by atoms with Crippen LogP contribution in [0.3, 0.4) is 0 Å². The van der Waals surface area contributed by atoms with E-state index in [-0.39, 0.29) is 23.4 Å². The van der Waals surface area contributed by atoms with Crippen molar-refractivity contribution in [2.24, 2.45) is 5.73 Å². The fraction of sp³-hybridized carbons (Fsp3) is 0.562. The largest absolute Gasteiger partial charge is 0.496 e. The van der Waals surface area contributed by atoms with E-state index in [4.69, 9.17) is 10.5 Å². The molecular formula is C16H25N3O4S. The van der Waals surface area contributed by atoms with E-state index in [2.05, 4.69) is 5.32 Å². The third-order valence-electron chi connectivity index (χ3n) is 4.25. The fourth-order valence-electron chi connectivity index (χ4n) is 2.87. The highest BCUT2D eigenvalue weighted by atomic mass is 32.2. The molecule has 0 saturated carbocycles. The molecule has 134 valence electrons. The summed E-state index contributed by atoms with van der Waals surface area (Å²) in [6.45, 7) is 2.78. The monoisotopic (exact) mass is 355 g/mol. The standard InChI is InChI=1S/C16H25N3O4S/c1-3-16(20)18-11-12-9-14(6-7-15(12)23-2)24(21,22)19-8-4-5-13(19)10-17/h6-7,9,13H,3-5,8,10-11,17H2,1-2H3,(H,18,20). The maximum atomic E-state index is 12.9. The minimum Gasteiger partial charge on any atom is -0.496 e. The van der Waals surface area contributed by atoms with Crippen LogP contribution in [0.5, 0.6) is 5.75 Å². The van der Waals surface area contributed by atoms with E-state index < -0.39 is 10.0 Å². The van der Waals surface area contributed by atoms with Crippen LogP contribution in [0.1, 0.15) is 31.7 Å². The highest BCUT2D eigenvalue weighted by Crippen LogP contribution is 2.28. The van der Waals surface area contributed by atoms with Gasteiger partial charge in [0.25, 0.3) is 0 Å². The number of carbonyl (C=O) groups is 1. The second-order valence-corrected chi connectivity index (χ2v) is 7.64. The summed E-state index contributed by atoms with van der Waals surface area (Å²) in [4.78, 5) is 11.7. The second kappa shape index (κ2) is 7.96. The molecule has 1 fully saturated rings. The highest BCUT2D eigenvalue weighted by Gasteiger charge is 2.34. The van der Waals surface area contributed by atoms with Gasteiger partial charge >= 0.3 is 0 Å². The first-order valence-electron chi connectivity index (χ1n) is 8.09. The maximum absolute atomic E-state index is 12.9. The fourth-order valence-corrected chi connectivity index (χ4v) is 4.62. The van der Waals surface area contributed by atoms with Crippen LogP contribution in [-0.2, 0) is 21.4 Å². The van der Waals surface area contributed by atoms with Gasteiger partial charge in [-0.15, -0.1) is 0 Å². The van der Waals surface area contributed by atoms with Crippen LogP contribution in [0.15, 0.2) is 23.1 Å². The van der Waals surface area contributed by atoms with Crippen molar-refractivity contribution in [1.29, 1.82) is 0 Å². The average Bonchev–Trinajstić information content (AvgIpc) is 3.08. The summed E-state index contributed by atoms with van der Waals surface area (Å²) in [5, 5.41) is 2.74. The van der Waals surface area contributed by atoms with Crippen LogP contribution < -0.4 is 15.8 Å². The number of benzene rings is 1. The molecule has 0 aromatic heterocycles. The molecule has 1 saturated heterocycles. The Bertz CT molecular complexity index is 691. The van der Waals surface area contributed by atoms with Crippen molar-refractivity contribution in [3.63, 3.8) is 0 Å². The third kappa shape index (κ3) is 3.88. The maximum Gasteiger partial charge on any atom is 0.243 e. The van der Waals surface area contributed by atoms with Crippen LogP contribution in [-0.4, -0.2) is 44.9 Å². The summed E-state index contributed by atoms with van der Waals surface area (Å²) in [6, 6.07) is 4.56. The number of nitrogens with zero attached hydrogens (tertiary/aromatic N) is 1. The molecule has 0 aliphatic carbocycles. The number of methoxy groups -OCH3 is 1. The molecule has 2 rings (SSSR count). The Hall–Kier alpha value is -1.64. The molecular weight excluding hydrogens is 330 g/mol. The Kier molecular flexibility index (Phi) is 6.20. The van der Waals surface area contributed by atoms with Gasteiger partial charge in [-0.3, -0.25) is 4.79 Å². The molecule has 1 aliphatic rings. The summed E-state index contributed by atoms with van der Waals surface area (Å²) in [5.74, 6) is 0.440.